The van der Waals surface area contributed by atoms with Gasteiger partial charge in [-0.1, -0.05) is 40.5 Å². The number of carbonyl (C=O) groups excluding carboxylic acids is 2. The molecular formula is C23H16Cl2F3N5O4. The van der Waals surface area contributed by atoms with Crippen molar-refractivity contribution in [1.29, 1.82) is 5.26 Å². The van der Waals surface area contributed by atoms with Crippen LogP contribution in [0, 0.1) is 11.3 Å². The molecule has 37 heavy (non-hydrogen) atoms. The maximum Gasteiger partial charge on any atom is 0.573 e. The summed E-state index contributed by atoms with van der Waals surface area (Å²) in [6, 6.07) is 10.7. The third-order valence-electron chi connectivity index (χ3n) is 5.31. The molecule has 1 saturated carbocycles. The fraction of sp³-hybridized carbons (Fsp3) is 0.261. The molecule has 1 atom stereocenters. The Balaban J connectivity index is 1.53. The van der Waals surface area contributed by atoms with E-state index in [1.54, 1.807) is 24.3 Å². The van der Waals surface area contributed by atoms with E-state index in [-0.39, 0.29) is 23.2 Å². The van der Waals surface area contributed by atoms with Crippen molar-refractivity contribution in [2.75, 3.05) is 0 Å². The molecule has 1 fully saturated rings. The fourth-order valence-electron chi connectivity index (χ4n) is 3.31. The van der Waals surface area contributed by atoms with Gasteiger partial charge in [0.2, 0.25) is 5.91 Å². The van der Waals surface area contributed by atoms with Gasteiger partial charge in [-0.3, -0.25) is 9.59 Å². The molecule has 0 aliphatic heterocycles. The highest BCUT2D eigenvalue weighted by atomic mass is 35.5. The molecular weight excluding hydrogens is 538 g/mol. The van der Waals surface area contributed by atoms with Gasteiger partial charge in [-0.25, -0.2) is 0 Å². The van der Waals surface area contributed by atoms with E-state index in [9.17, 15) is 28.0 Å². The Bertz CT molecular complexity index is 1390. The van der Waals surface area contributed by atoms with Crippen LogP contribution in [0.3, 0.4) is 0 Å². The maximum absolute atomic E-state index is 13.0. The molecule has 0 radical (unpaired) electrons. The second-order valence-electron chi connectivity index (χ2n) is 8.16. The Morgan fingerprint density at radius 3 is 2.59 bits per heavy atom. The van der Waals surface area contributed by atoms with Crippen LogP contribution in [0.1, 0.15) is 29.0 Å². The highest BCUT2D eigenvalue weighted by molar-refractivity contribution is 6.32. The van der Waals surface area contributed by atoms with Crippen LogP contribution in [-0.2, 0) is 11.2 Å². The number of amides is 2. The Kier molecular flexibility index (Phi) is 7.29. The van der Waals surface area contributed by atoms with Crippen LogP contribution in [0.5, 0.6) is 5.75 Å². The SMILES string of the molecule is N#CC1(NC(=O)[C@H](Cc2ccc(OC(F)(F)F)c(Cl)c2)NC(=O)c2noc(-c3cccc(Cl)c3)n2)CC1. The standard InChI is InChI=1S/C23H16Cl2F3N5O4/c24-14-3-1-2-13(10-14)21-31-18(33-37-21)20(35)30-16(19(34)32-22(11-29)6-7-22)9-12-4-5-17(15(25)8-12)36-23(26,27)28/h1-5,8,10,16H,6-7,9H2,(H,30,35)(H,32,34)/t16-/m0/s1. The predicted molar refractivity (Wildman–Crippen MR) is 124 cm³/mol. The molecule has 1 aromatic heterocycles. The number of ether oxygens (including phenoxy) is 1. The van der Waals surface area contributed by atoms with Gasteiger partial charge in [0, 0.05) is 17.0 Å². The Morgan fingerprint density at radius 2 is 1.97 bits per heavy atom. The van der Waals surface area contributed by atoms with Gasteiger partial charge in [-0.15, -0.1) is 13.2 Å². The van der Waals surface area contributed by atoms with E-state index in [1.165, 1.54) is 12.1 Å². The number of hydrogen-bond acceptors (Lipinski definition) is 7. The lowest BCUT2D eigenvalue weighted by molar-refractivity contribution is -0.274. The summed E-state index contributed by atoms with van der Waals surface area (Å²) >= 11 is 11.9. The summed E-state index contributed by atoms with van der Waals surface area (Å²) < 4.78 is 46.6. The first-order valence-electron chi connectivity index (χ1n) is 10.6. The topological polar surface area (TPSA) is 130 Å². The molecule has 2 aromatic carbocycles. The van der Waals surface area contributed by atoms with Gasteiger partial charge in [-0.2, -0.15) is 10.2 Å². The molecule has 1 aliphatic rings. The molecule has 2 N–H and O–H groups in total. The third-order valence-corrected chi connectivity index (χ3v) is 5.84. The summed E-state index contributed by atoms with van der Waals surface area (Å²) in [4.78, 5) is 29.8. The molecule has 3 aromatic rings. The summed E-state index contributed by atoms with van der Waals surface area (Å²) in [5.41, 5.74) is -0.253. The van der Waals surface area contributed by atoms with Crippen LogP contribution in [0.2, 0.25) is 10.0 Å². The smallest absolute Gasteiger partial charge is 0.404 e. The molecule has 1 aliphatic carbocycles. The second-order valence-corrected chi connectivity index (χ2v) is 9.00. The third kappa shape index (κ3) is 6.69. The molecule has 9 nitrogen and oxygen atoms in total. The largest absolute Gasteiger partial charge is 0.573 e. The number of rotatable bonds is 8. The fourth-order valence-corrected chi connectivity index (χ4v) is 3.75. The first-order valence-corrected chi connectivity index (χ1v) is 11.4. The lowest BCUT2D eigenvalue weighted by Crippen LogP contribution is -2.51. The monoisotopic (exact) mass is 553 g/mol. The van der Waals surface area contributed by atoms with E-state index in [1.807, 2.05) is 6.07 Å². The molecule has 4 rings (SSSR count). The Morgan fingerprint density at radius 1 is 1.22 bits per heavy atom. The average molecular weight is 554 g/mol. The van der Waals surface area contributed by atoms with Crippen LogP contribution in [0.15, 0.2) is 47.0 Å². The van der Waals surface area contributed by atoms with Gasteiger partial charge in [0.1, 0.15) is 17.3 Å². The number of nitrogens with zero attached hydrogens (tertiary/aromatic N) is 3. The van der Waals surface area contributed by atoms with Gasteiger partial charge in [0.05, 0.1) is 11.1 Å². The zero-order valence-corrected chi connectivity index (χ0v) is 20.1. The summed E-state index contributed by atoms with van der Waals surface area (Å²) in [7, 11) is 0. The van der Waals surface area contributed by atoms with Crippen molar-refractivity contribution in [3.8, 4) is 23.3 Å². The quantitative estimate of drug-likeness (QED) is 0.421. The molecule has 0 spiro atoms. The summed E-state index contributed by atoms with van der Waals surface area (Å²) in [5, 5.41) is 18.1. The second kappa shape index (κ2) is 10.3. The van der Waals surface area contributed by atoms with Crippen molar-refractivity contribution < 1.29 is 32.0 Å². The number of hydrogen-bond donors (Lipinski definition) is 2. The van der Waals surface area contributed by atoms with E-state index < -0.39 is 35.5 Å². The zero-order chi connectivity index (χ0) is 26.8. The van der Waals surface area contributed by atoms with E-state index in [0.29, 0.717) is 29.0 Å². The van der Waals surface area contributed by atoms with E-state index in [0.717, 1.165) is 6.07 Å². The van der Waals surface area contributed by atoms with Crippen molar-refractivity contribution in [2.45, 2.75) is 37.2 Å². The number of alkyl halides is 3. The predicted octanol–water partition coefficient (Wildman–Crippen LogP) is 4.46. The summed E-state index contributed by atoms with van der Waals surface area (Å²) in [5.74, 6) is -2.52. The first kappa shape index (κ1) is 26.2. The van der Waals surface area contributed by atoms with E-state index in [4.69, 9.17) is 27.7 Å². The van der Waals surface area contributed by atoms with Gasteiger partial charge < -0.3 is 19.9 Å². The Labute approximate surface area is 217 Å². The number of nitrogens with one attached hydrogen (secondary N) is 2. The number of carbonyl (C=O) groups is 2. The molecule has 0 saturated heterocycles. The average Bonchev–Trinajstić information content (AvgIpc) is 3.42. The highest BCUT2D eigenvalue weighted by Gasteiger charge is 2.45. The normalized spacial score (nSPS) is 14.8. The molecule has 192 valence electrons. The number of nitriles is 1. The molecule has 1 heterocycles. The Hall–Kier alpha value is -3.82. The van der Waals surface area contributed by atoms with E-state index in [2.05, 4.69) is 25.5 Å². The zero-order valence-electron chi connectivity index (χ0n) is 18.6. The van der Waals surface area contributed by atoms with E-state index >= 15 is 0 Å². The number of aromatic nitrogens is 2. The van der Waals surface area contributed by atoms with Gasteiger partial charge in [-0.05, 0) is 48.7 Å². The van der Waals surface area contributed by atoms with Gasteiger partial charge in [0.15, 0.2) is 0 Å². The van der Waals surface area contributed by atoms with Crippen molar-refractivity contribution in [2.24, 2.45) is 0 Å². The number of benzene rings is 2. The van der Waals surface area contributed by atoms with Crippen molar-refractivity contribution in [3.05, 3.63) is 63.9 Å². The lowest BCUT2D eigenvalue weighted by atomic mass is 10.0. The summed E-state index contributed by atoms with van der Waals surface area (Å²) in [6.45, 7) is 0. The minimum absolute atomic E-state index is 0.0158. The van der Waals surface area contributed by atoms with Gasteiger partial charge in [0.25, 0.3) is 17.6 Å². The summed E-state index contributed by atoms with van der Waals surface area (Å²) in [6.07, 6.45) is -4.23. The van der Waals surface area contributed by atoms with Crippen molar-refractivity contribution in [1.82, 2.24) is 20.8 Å². The van der Waals surface area contributed by atoms with Crippen LogP contribution in [0.4, 0.5) is 13.2 Å². The molecule has 0 bridgehead atoms. The van der Waals surface area contributed by atoms with Crippen LogP contribution in [0.25, 0.3) is 11.5 Å². The van der Waals surface area contributed by atoms with Crippen LogP contribution < -0.4 is 15.4 Å². The maximum atomic E-state index is 13.0. The van der Waals surface area contributed by atoms with Crippen LogP contribution in [-0.4, -0.2) is 39.9 Å². The number of halogens is 5. The first-order chi connectivity index (χ1) is 17.5. The minimum Gasteiger partial charge on any atom is -0.404 e. The van der Waals surface area contributed by atoms with Crippen molar-refractivity contribution >= 4 is 35.0 Å². The molecule has 0 unspecified atom stereocenters. The minimum atomic E-state index is -4.94. The van der Waals surface area contributed by atoms with Crippen LogP contribution >= 0.6 is 23.2 Å². The van der Waals surface area contributed by atoms with Crippen molar-refractivity contribution in [3.63, 3.8) is 0 Å². The van der Waals surface area contributed by atoms with Gasteiger partial charge >= 0.3 is 6.36 Å². The molecule has 2 amide bonds. The highest BCUT2D eigenvalue weighted by Crippen LogP contribution is 2.35. The molecule has 14 heteroatoms. The lowest BCUT2D eigenvalue weighted by Gasteiger charge is -2.20.